The molecule has 0 unspecified atom stereocenters. The van der Waals surface area contributed by atoms with Crippen molar-refractivity contribution in [1.29, 1.82) is 0 Å². The van der Waals surface area contributed by atoms with Crippen molar-refractivity contribution in [3.05, 3.63) is 168 Å². The van der Waals surface area contributed by atoms with Crippen molar-refractivity contribution in [2.24, 2.45) is 0 Å². The first-order valence-corrected chi connectivity index (χ1v) is 24.9. The Morgan fingerprint density at radius 2 is 0.701 bits per heavy atom. The van der Waals surface area contributed by atoms with Crippen molar-refractivity contribution >= 4 is 52.3 Å². The van der Waals surface area contributed by atoms with Crippen LogP contribution in [0.25, 0.3) is 90.9 Å². The van der Waals surface area contributed by atoms with Crippen molar-refractivity contribution in [2.45, 2.75) is 96.8 Å². The molecular formula is C61H63N5O. The fourth-order valence-corrected chi connectivity index (χ4v) is 9.65. The van der Waals surface area contributed by atoms with Gasteiger partial charge in [0.2, 0.25) is 0 Å². The number of nitrogens with one attached hydrogen (secondary N) is 3. The summed E-state index contributed by atoms with van der Waals surface area (Å²) in [6, 6.07) is 48.0. The molecule has 9 rings (SSSR count). The maximum absolute atomic E-state index is 13.4. The lowest BCUT2D eigenvalue weighted by atomic mass is 10.0. The number of carbonyl (C=O) groups is 1. The summed E-state index contributed by atoms with van der Waals surface area (Å²) in [7, 11) is 0. The molecule has 7 aromatic rings. The van der Waals surface area contributed by atoms with E-state index >= 15 is 0 Å². The molecule has 2 aliphatic heterocycles. The molecule has 6 heteroatoms. The Morgan fingerprint density at radius 3 is 1.04 bits per heavy atom. The summed E-state index contributed by atoms with van der Waals surface area (Å²) in [6.07, 6.45) is 26.9. The Labute approximate surface area is 396 Å². The van der Waals surface area contributed by atoms with Gasteiger partial charge in [0.15, 0.2) is 0 Å². The zero-order valence-electron chi connectivity index (χ0n) is 39.0. The predicted molar refractivity (Wildman–Crippen MR) is 283 cm³/mol. The normalized spacial score (nSPS) is 11.9. The number of aromatic amines is 2. The summed E-state index contributed by atoms with van der Waals surface area (Å²) in [5.41, 5.74) is 16.0. The molecule has 0 aliphatic carbocycles. The molecule has 0 atom stereocenters. The van der Waals surface area contributed by atoms with Gasteiger partial charge in [0.25, 0.3) is 5.91 Å². The lowest BCUT2D eigenvalue weighted by Crippen LogP contribution is -2.24. The molecule has 0 saturated carbocycles. The lowest BCUT2D eigenvalue weighted by molar-refractivity contribution is 0.0953. The topological polar surface area (TPSA) is 86.5 Å². The van der Waals surface area contributed by atoms with E-state index in [1.54, 1.807) is 0 Å². The van der Waals surface area contributed by atoms with Crippen LogP contribution in [0.3, 0.4) is 0 Å². The van der Waals surface area contributed by atoms with Crippen molar-refractivity contribution in [3.63, 3.8) is 0 Å². The number of amides is 1. The van der Waals surface area contributed by atoms with Crippen LogP contribution in [-0.4, -0.2) is 32.4 Å². The molecule has 5 heterocycles. The van der Waals surface area contributed by atoms with Crippen LogP contribution < -0.4 is 5.32 Å². The second-order valence-corrected chi connectivity index (χ2v) is 18.0. The van der Waals surface area contributed by atoms with E-state index in [4.69, 9.17) is 9.97 Å². The summed E-state index contributed by atoms with van der Waals surface area (Å²) in [4.78, 5) is 31.9. The Kier molecular flexibility index (Phi) is 15.1. The van der Waals surface area contributed by atoms with Gasteiger partial charge in [-0.25, -0.2) is 9.97 Å². The maximum Gasteiger partial charge on any atom is 0.251 e. The third kappa shape index (κ3) is 11.0. The van der Waals surface area contributed by atoms with E-state index in [9.17, 15) is 4.79 Å². The largest absolute Gasteiger partial charge is 0.354 e. The van der Waals surface area contributed by atoms with E-state index < -0.39 is 0 Å². The second kappa shape index (κ2) is 22.4. The first kappa shape index (κ1) is 45.1. The fraction of sp³-hybridized carbons (Fsp3) is 0.262. The Bertz CT molecular complexity index is 2940. The summed E-state index contributed by atoms with van der Waals surface area (Å²) < 4.78 is 0. The molecule has 0 spiro atoms. The highest BCUT2D eigenvalue weighted by molar-refractivity contribution is 6.00. The van der Waals surface area contributed by atoms with Gasteiger partial charge in [-0.3, -0.25) is 4.79 Å². The molecule has 1 amide bonds. The number of carbonyl (C=O) groups excluding carboxylic acids is 1. The van der Waals surface area contributed by atoms with Crippen LogP contribution in [0.5, 0.6) is 0 Å². The van der Waals surface area contributed by atoms with Gasteiger partial charge in [0, 0.05) is 56.4 Å². The smallest absolute Gasteiger partial charge is 0.251 e. The molecule has 67 heavy (non-hydrogen) atoms. The first-order valence-electron chi connectivity index (χ1n) is 24.9. The third-order valence-corrected chi connectivity index (χ3v) is 13.2. The van der Waals surface area contributed by atoms with Gasteiger partial charge in [0.1, 0.15) is 0 Å². The van der Waals surface area contributed by atoms with Gasteiger partial charge in [-0.15, -0.1) is 0 Å². The van der Waals surface area contributed by atoms with E-state index in [1.807, 2.05) is 30.3 Å². The molecule has 2 aliphatic rings. The molecule has 3 aromatic heterocycles. The molecule has 0 saturated heterocycles. The van der Waals surface area contributed by atoms with Crippen LogP contribution in [-0.2, 0) is 0 Å². The van der Waals surface area contributed by atoms with Gasteiger partial charge < -0.3 is 15.3 Å². The minimum Gasteiger partial charge on any atom is -0.354 e. The molecule has 0 radical (unpaired) electrons. The highest BCUT2D eigenvalue weighted by Gasteiger charge is 2.19. The molecule has 8 bridgehead atoms. The number of rotatable bonds is 20. The van der Waals surface area contributed by atoms with Crippen LogP contribution in [0.15, 0.2) is 140 Å². The lowest BCUT2D eigenvalue weighted by Gasteiger charge is -2.08. The Balaban J connectivity index is 1.03. The van der Waals surface area contributed by atoms with Gasteiger partial charge in [0.05, 0.1) is 22.8 Å². The van der Waals surface area contributed by atoms with Crippen LogP contribution in [0.2, 0.25) is 0 Å². The zero-order chi connectivity index (χ0) is 45.6. The molecule has 4 aromatic carbocycles. The number of nitrogens with zero attached hydrogens (tertiary/aromatic N) is 2. The minimum atomic E-state index is -0.0381. The molecule has 3 N–H and O–H groups in total. The van der Waals surface area contributed by atoms with Crippen LogP contribution in [0.4, 0.5) is 0 Å². The van der Waals surface area contributed by atoms with Gasteiger partial charge in [-0.2, -0.15) is 0 Å². The highest BCUT2D eigenvalue weighted by Crippen LogP contribution is 2.38. The molecular weight excluding hydrogens is 819 g/mol. The number of hydrogen-bond acceptors (Lipinski definition) is 3. The number of benzene rings is 4. The maximum atomic E-state index is 13.4. The van der Waals surface area contributed by atoms with Crippen LogP contribution >= 0.6 is 0 Å². The van der Waals surface area contributed by atoms with Crippen molar-refractivity contribution < 1.29 is 4.79 Å². The SMILES string of the molecule is CCCCCCCCCCCCCCCCNC(=O)c1ccc(-c2c3nc(c(-c4ccccc4)c4ccc([nH]4)c(-c4ccccc4)c4nc(c(-c5ccccc5)c5ccc2[nH]5)C=C4)C=C3)cc1. The van der Waals surface area contributed by atoms with Gasteiger partial charge >= 0.3 is 0 Å². The number of unbranched alkanes of at least 4 members (excludes halogenated alkanes) is 13. The van der Waals surface area contributed by atoms with Crippen molar-refractivity contribution in [2.75, 3.05) is 6.54 Å². The monoisotopic (exact) mass is 882 g/mol. The summed E-state index contributed by atoms with van der Waals surface area (Å²) >= 11 is 0. The fourth-order valence-electron chi connectivity index (χ4n) is 9.65. The number of aromatic nitrogens is 4. The Morgan fingerprint density at radius 1 is 0.388 bits per heavy atom. The Hall–Kier alpha value is -7.05. The number of hydrogen-bond donors (Lipinski definition) is 3. The third-order valence-electron chi connectivity index (χ3n) is 13.2. The highest BCUT2D eigenvalue weighted by atomic mass is 16.1. The minimum absolute atomic E-state index is 0.0381. The molecule has 6 nitrogen and oxygen atoms in total. The summed E-state index contributed by atoms with van der Waals surface area (Å²) in [5.74, 6) is -0.0381. The quantitative estimate of drug-likeness (QED) is 0.0667. The second-order valence-electron chi connectivity index (χ2n) is 18.0. The average molecular weight is 882 g/mol. The van der Waals surface area contributed by atoms with Gasteiger partial charge in [-0.05, 0) is 89.4 Å². The zero-order valence-corrected chi connectivity index (χ0v) is 39.0. The number of H-pyrrole nitrogens is 2. The number of fused-ring (bicyclic) bond motifs is 8. The van der Waals surface area contributed by atoms with E-state index in [0.717, 1.165) is 102 Å². The van der Waals surface area contributed by atoms with E-state index in [0.29, 0.717) is 12.1 Å². The van der Waals surface area contributed by atoms with E-state index in [-0.39, 0.29) is 5.91 Å². The van der Waals surface area contributed by atoms with Crippen molar-refractivity contribution in [1.82, 2.24) is 25.3 Å². The summed E-state index contributed by atoms with van der Waals surface area (Å²) in [6.45, 7) is 2.97. The van der Waals surface area contributed by atoms with Crippen LogP contribution in [0.1, 0.15) is 130 Å². The summed E-state index contributed by atoms with van der Waals surface area (Å²) in [5, 5.41) is 3.18. The van der Waals surface area contributed by atoms with Crippen LogP contribution in [0, 0.1) is 0 Å². The first-order chi connectivity index (χ1) is 33.1. The predicted octanol–water partition coefficient (Wildman–Crippen LogP) is 16.5. The van der Waals surface area contributed by atoms with E-state index in [1.165, 1.54) is 77.0 Å². The standard InChI is InChI=1S/C61H63N5O/c1-2-3-4-5-6-7-8-9-10-11-12-13-14-24-43-62-61(67)48-33-31-47(32-34-48)60-55-41-39-53(65-55)58(45-27-20-16-21-28-45)51-37-35-49(63-51)57(44-25-18-15-19-26-44)50-36-38-52(64-50)59(46-29-22-17-23-30-46)54-40-42-56(60)66-54/h15-23,25-42,63,66H,2-14,24,43H2,1H3,(H,62,67). The van der Waals surface area contributed by atoms with Crippen molar-refractivity contribution in [3.8, 4) is 44.5 Å². The molecule has 0 fully saturated rings. The average Bonchev–Trinajstić information content (AvgIpc) is 4.23. The van der Waals surface area contributed by atoms with Gasteiger partial charge in [-0.1, -0.05) is 194 Å². The van der Waals surface area contributed by atoms with E-state index in [2.05, 4.69) is 156 Å². The molecule has 338 valence electrons.